The Kier molecular flexibility index (Phi) is 1.93. The van der Waals surface area contributed by atoms with E-state index in [1.54, 1.807) is 25.2 Å². The van der Waals surface area contributed by atoms with Gasteiger partial charge in [-0.25, -0.2) is 0 Å². The molecule has 0 radical (unpaired) electrons. The summed E-state index contributed by atoms with van der Waals surface area (Å²) in [5, 5.41) is 13.5. The summed E-state index contributed by atoms with van der Waals surface area (Å²) in [6.07, 6.45) is 0. The predicted molar refractivity (Wildman–Crippen MR) is 55.0 cm³/mol. The first-order valence-electron chi connectivity index (χ1n) is 3.95. The molecule has 0 aliphatic rings. The van der Waals surface area contributed by atoms with Gasteiger partial charge in [0.2, 0.25) is 5.88 Å². The Morgan fingerprint density at radius 2 is 2.21 bits per heavy atom. The lowest BCUT2D eigenvalue weighted by Gasteiger charge is -1.96. The number of benzene rings is 1. The van der Waals surface area contributed by atoms with Crippen molar-refractivity contribution >= 4 is 28.2 Å². The maximum Gasteiger partial charge on any atom is 0.222 e. The van der Waals surface area contributed by atoms with Gasteiger partial charge in [0.15, 0.2) is 5.69 Å². The molecule has 1 heterocycles. The molecule has 0 atom stereocenters. The van der Waals surface area contributed by atoms with E-state index in [2.05, 4.69) is 5.18 Å². The van der Waals surface area contributed by atoms with Crippen LogP contribution >= 0.6 is 11.6 Å². The summed E-state index contributed by atoms with van der Waals surface area (Å²) in [7, 11) is 1.64. The minimum absolute atomic E-state index is 0.0548. The Morgan fingerprint density at radius 1 is 1.50 bits per heavy atom. The van der Waals surface area contributed by atoms with Crippen molar-refractivity contribution in [2.45, 2.75) is 0 Å². The zero-order chi connectivity index (χ0) is 10.3. The summed E-state index contributed by atoms with van der Waals surface area (Å²) in [6.45, 7) is 0. The van der Waals surface area contributed by atoms with Crippen LogP contribution in [0.15, 0.2) is 23.4 Å². The Morgan fingerprint density at radius 3 is 2.86 bits per heavy atom. The summed E-state index contributed by atoms with van der Waals surface area (Å²) < 4.78 is 1.47. The second-order valence-electron chi connectivity index (χ2n) is 2.98. The van der Waals surface area contributed by atoms with E-state index >= 15 is 0 Å². The normalized spacial score (nSPS) is 10.7. The van der Waals surface area contributed by atoms with Crippen LogP contribution in [0.4, 0.5) is 5.69 Å². The molecule has 2 aromatic rings. The summed E-state index contributed by atoms with van der Waals surface area (Å²) >= 11 is 5.79. The van der Waals surface area contributed by atoms with Gasteiger partial charge in [-0.2, -0.15) is 0 Å². The number of rotatable bonds is 1. The highest BCUT2D eigenvalue weighted by Crippen LogP contribution is 2.38. The van der Waals surface area contributed by atoms with Crippen LogP contribution in [0.25, 0.3) is 10.9 Å². The molecule has 0 aliphatic heterocycles. The lowest BCUT2D eigenvalue weighted by atomic mass is 10.2. The van der Waals surface area contributed by atoms with Crippen molar-refractivity contribution < 1.29 is 5.11 Å². The van der Waals surface area contributed by atoms with Crippen molar-refractivity contribution in [3.05, 3.63) is 28.1 Å². The third-order valence-corrected chi connectivity index (χ3v) is 2.43. The zero-order valence-electron chi connectivity index (χ0n) is 7.36. The molecule has 1 N–H and O–H groups in total. The number of nitroso groups, excluding NO2 is 1. The molecule has 0 aliphatic carbocycles. The first-order chi connectivity index (χ1) is 6.65. The van der Waals surface area contributed by atoms with Gasteiger partial charge in [0.25, 0.3) is 0 Å². The molecule has 0 amide bonds. The number of aromatic nitrogens is 1. The molecule has 0 saturated heterocycles. The smallest absolute Gasteiger partial charge is 0.222 e. The van der Waals surface area contributed by atoms with E-state index < -0.39 is 0 Å². The highest BCUT2D eigenvalue weighted by Gasteiger charge is 2.14. The fourth-order valence-electron chi connectivity index (χ4n) is 1.47. The Labute approximate surface area is 84.7 Å². The molecular weight excluding hydrogens is 204 g/mol. The standard InChI is InChI=1S/C9H7ClN2O2/c1-12-7-4-5(10)2-3-6(7)8(11-14)9(12)13/h2-4,13H,1H3. The minimum Gasteiger partial charge on any atom is -0.493 e. The van der Waals surface area contributed by atoms with Crippen molar-refractivity contribution in [1.29, 1.82) is 0 Å². The van der Waals surface area contributed by atoms with E-state index in [9.17, 15) is 10.0 Å². The summed E-state index contributed by atoms with van der Waals surface area (Å²) in [5.41, 5.74) is 0.740. The molecule has 0 saturated carbocycles. The Balaban J connectivity index is 2.95. The van der Waals surface area contributed by atoms with Crippen LogP contribution in [-0.4, -0.2) is 9.67 Å². The molecule has 0 bridgehead atoms. The third-order valence-electron chi connectivity index (χ3n) is 2.20. The number of nitrogens with zero attached hydrogens (tertiary/aromatic N) is 2. The van der Waals surface area contributed by atoms with Crippen LogP contribution in [0.1, 0.15) is 0 Å². The van der Waals surface area contributed by atoms with E-state index in [4.69, 9.17) is 11.6 Å². The van der Waals surface area contributed by atoms with Crippen LogP contribution in [0, 0.1) is 4.91 Å². The molecule has 4 nitrogen and oxygen atoms in total. The Bertz CT molecular complexity index is 519. The van der Waals surface area contributed by atoms with Gasteiger partial charge in [0.1, 0.15) is 0 Å². The molecule has 1 aromatic heterocycles. The van der Waals surface area contributed by atoms with Crippen molar-refractivity contribution in [2.75, 3.05) is 0 Å². The van der Waals surface area contributed by atoms with Gasteiger partial charge in [0, 0.05) is 17.5 Å². The van der Waals surface area contributed by atoms with Gasteiger partial charge in [-0.1, -0.05) is 11.6 Å². The Hall–Kier alpha value is -1.55. The number of hydrogen-bond donors (Lipinski definition) is 1. The van der Waals surface area contributed by atoms with Crippen LogP contribution in [0.2, 0.25) is 5.02 Å². The average molecular weight is 211 g/mol. The first kappa shape index (κ1) is 9.02. The molecule has 1 aromatic carbocycles. The van der Waals surface area contributed by atoms with Crippen molar-refractivity contribution in [1.82, 2.24) is 4.57 Å². The highest BCUT2D eigenvalue weighted by atomic mass is 35.5. The molecule has 0 fully saturated rings. The van der Waals surface area contributed by atoms with E-state index in [0.29, 0.717) is 15.9 Å². The van der Waals surface area contributed by atoms with E-state index in [-0.39, 0.29) is 11.6 Å². The van der Waals surface area contributed by atoms with Crippen molar-refractivity contribution in [3.63, 3.8) is 0 Å². The zero-order valence-corrected chi connectivity index (χ0v) is 8.12. The maximum atomic E-state index is 10.5. The first-order valence-corrected chi connectivity index (χ1v) is 4.33. The molecule has 0 unspecified atom stereocenters. The number of aryl methyl sites for hydroxylation is 1. The van der Waals surface area contributed by atoms with Gasteiger partial charge in [-0.3, -0.25) is 0 Å². The van der Waals surface area contributed by atoms with Gasteiger partial charge in [-0.15, -0.1) is 4.91 Å². The molecular formula is C9H7ClN2O2. The maximum absolute atomic E-state index is 10.5. The van der Waals surface area contributed by atoms with Gasteiger partial charge in [0.05, 0.1) is 5.52 Å². The number of aromatic hydroxyl groups is 1. The van der Waals surface area contributed by atoms with Crippen molar-refractivity contribution in [2.24, 2.45) is 12.2 Å². The molecule has 0 spiro atoms. The monoisotopic (exact) mass is 210 g/mol. The fraction of sp³-hybridized carbons (Fsp3) is 0.111. The van der Waals surface area contributed by atoms with Crippen LogP contribution in [0.3, 0.4) is 0 Å². The number of fused-ring (bicyclic) bond motifs is 1. The second-order valence-corrected chi connectivity index (χ2v) is 3.42. The molecule has 14 heavy (non-hydrogen) atoms. The molecule has 5 heteroatoms. The molecule has 72 valence electrons. The van der Waals surface area contributed by atoms with Crippen LogP contribution in [0.5, 0.6) is 5.88 Å². The highest BCUT2D eigenvalue weighted by molar-refractivity contribution is 6.31. The summed E-state index contributed by atoms with van der Waals surface area (Å²) in [5.74, 6) is -0.141. The van der Waals surface area contributed by atoms with E-state index in [1.165, 1.54) is 4.57 Å². The topological polar surface area (TPSA) is 54.6 Å². The summed E-state index contributed by atoms with van der Waals surface area (Å²) in [4.78, 5) is 10.5. The van der Waals surface area contributed by atoms with Gasteiger partial charge < -0.3 is 9.67 Å². The lowest BCUT2D eigenvalue weighted by Crippen LogP contribution is -1.84. The summed E-state index contributed by atoms with van der Waals surface area (Å²) in [6, 6.07) is 4.98. The number of hydrogen-bond acceptors (Lipinski definition) is 3. The van der Waals surface area contributed by atoms with Crippen LogP contribution in [-0.2, 0) is 7.05 Å². The third kappa shape index (κ3) is 1.08. The second kappa shape index (κ2) is 2.99. The van der Waals surface area contributed by atoms with Crippen LogP contribution < -0.4 is 0 Å². The molecule has 2 rings (SSSR count). The average Bonchev–Trinajstić information content (AvgIpc) is 2.41. The SMILES string of the molecule is Cn1c(O)c(N=O)c2ccc(Cl)cc21. The fourth-order valence-corrected chi connectivity index (χ4v) is 1.63. The minimum atomic E-state index is -0.141. The largest absolute Gasteiger partial charge is 0.493 e. The van der Waals surface area contributed by atoms with Gasteiger partial charge >= 0.3 is 0 Å². The van der Waals surface area contributed by atoms with E-state index in [0.717, 1.165) is 0 Å². The number of halogens is 1. The van der Waals surface area contributed by atoms with E-state index in [1.807, 2.05) is 0 Å². The van der Waals surface area contributed by atoms with Crippen molar-refractivity contribution in [3.8, 4) is 5.88 Å². The van der Waals surface area contributed by atoms with Gasteiger partial charge in [-0.05, 0) is 23.4 Å². The quantitative estimate of drug-likeness (QED) is 0.736. The predicted octanol–water partition coefficient (Wildman–Crippen LogP) is 2.94. The lowest BCUT2D eigenvalue weighted by molar-refractivity contribution is 0.437.